The molecule has 2 aromatic carbocycles. The van der Waals surface area contributed by atoms with Crippen LogP contribution in [0.4, 0.5) is 17.6 Å². The minimum Gasteiger partial charge on any atom is -0.366 e. The molecule has 0 unspecified atom stereocenters. The molecule has 26 heavy (non-hydrogen) atoms. The number of alkyl halides is 3. The third-order valence-electron chi connectivity index (χ3n) is 3.97. The lowest BCUT2D eigenvalue weighted by atomic mass is 10.1. The smallest absolute Gasteiger partial charge is 0.366 e. The Morgan fingerprint density at radius 3 is 1.96 bits per heavy atom. The lowest BCUT2D eigenvalue weighted by Crippen LogP contribution is -2.55. The van der Waals surface area contributed by atoms with Crippen LogP contribution in [0.3, 0.4) is 0 Å². The molecule has 0 N–H and O–H groups in total. The van der Waals surface area contributed by atoms with Gasteiger partial charge in [-0.3, -0.25) is 0 Å². The van der Waals surface area contributed by atoms with E-state index in [2.05, 4.69) is 4.74 Å². The largest absolute Gasteiger partial charge is 0.411 e. The fraction of sp³-hybridized carbons (Fsp3) is 0.294. The van der Waals surface area contributed by atoms with E-state index >= 15 is 0 Å². The lowest BCUT2D eigenvalue weighted by Gasteiger charge is -2.37. The van der Waals surface area contributed by atoms with Crippen LogP contribution in [0.25, 0.3) is 11.1 Å². The summed E-state index contributed by atoms with van der Waals surface area (Å²) < 4.78 is 79.8. The average molecular weight is 389 g/mol. The van der Waals surface area contributed by atoms with Crippen molar-refractivity contribution >= 4 is 10.0 Å². The number of halogens is 4. The summed E-state index contributed by atoms with van der Waals surface area (Å²) in [5.74, 6) is -0.368. The van der Waals surface area contributed by atoms with Crippen LogP contribution in [0, 0.1) is 5.82 Å². The van der Waals surface area contributed by atoms with E-state index in [-0.39, 0.29) is 23.8 Å². The van der Waals surface area contributed by atoms with Gasteiger partial charge in [-0.05, 0) is 35.4 Å². The lowest BCUT2D eigenvalue weighted by molar-refractivity contribution is -0.194. The molecule has 2 aromatic rings. The number of rotatable bonds is 5. The molecule has 9 heteroatoms. The van der Waals surface area contributed by atoms with Gasteiger partial charge in [0.1, 0.15) is 12.4 Å². The number of sulfonamides is 1. The van der Waals surface area contributed by atoms with Gasteiger partial charge in [-0.15, -0.1) is 0 Å². The van der Waals surface area contributed by atoms with E-state index in [0.717, 1.165) is 15.4 Å². The van der Waals surface area contributed by atoms with Gasteiger partial charge < -0.3 is 4.74 Å². The van der Waals surface area contributed by atoms with Crippen molar-refractivity contribution in [2.75, 3.05) is 19.7 Å². The van der Waals surface area contributed by atoms with Gasteiger partial charge in [0.25, 0.3) is 0 Å². The summed E-state index contributed by atoms with van der Waals surface area (Å²) in [7, 11) is -3.78. The zero-order valence-electron chi connectivity index (χ0n) is 13.4. The molecule has 0 radical (unpaired) electrons. The molecule has 0 spiro atoms. The van der Waals surface area contributed by atoms with Gasteiger partial charge in [0, 0.05) is 13.1 Å². The second-order valence-electron chi connectivity index (χ2n) is 5.90. The molecule has 4 nitrogen and oxygen atoms in total. The van der Waals surface area contributed by atoms with E-state index in [1.165, 1.54) is 24.3 Å². The van der Waals surface area contributed by atoms with Crippen LogP contribution in [-0.4, -0.2) is 44.7 Å². The van der Waals surface area contributed by atoms with Crippen molar-refractivity contribution in [3.8, 4) is 11.1 Å². The maximum Gasteiger partial charge on any atom is 0.411 e. The quantitative estimate of drug-likeness (QED) is 0.736. The molecule has 1 fully saturated rings. The first-order valence-corrected chi connectivity index (χ1v) is 9.14. The molecule has 1 aliphatic heterocycles. The van der Waals surface area contributed by atoms with E-state index in [1.54, 1.807) is 24.3 Å². The molecule has 3 rings (SSSR count). The van der Waals surface area contributed by atoms with E-state index in [4.69, 9.17) is 0 Å². The average Bonchev–Trinajstić information content (AvgIpc) is 2.53. The first kappa shape index (κ1) is 18.8. The minimum atomic E-state index is -4.44. The Kier molecular flexibility index (Phi) is 5.05. The number of benzene rings is 2. The summed E-state index contributed by atoms with van der Waals surface area (Å²) in [5, 5.41) is 0. The number of nitrogens with zero attached hydrogens (tertiary/aromatic N) is 1. The van der Waals surface area contributed by atoms with Crippen molar-refractivity contribution in [2.45, 2.75) is 17.2 Å². The second-order valence-corrected chi connectivity index (χ2v) is 7.84. The SMILES string of the molecule is O=S(=O)(c1ccc(-c2ccc(F)cc2)cc1)N1CC(OCC(F)(F)F)C1. The highest BCUT2D eigenvalue weighted by atomic mass is 32.2. The molecule has 1 heterocycles. The van der Waals surface area contributed by atoms with Gasteiger partial charge in [0.05, 0.1) is 11.0 Å². The van der Waals surface area contributed by atoms with Crippen LogP contribution in [0.2, 0.25) is 0 Å². The monoisotopic (exact) mass is 389 g/mol. The summed E-state index contributed by atoms with van der Waals surface area (Å²) >= 11 is 0. The molecule has 0 bridgehead atoms. The summed E-state index contributed by atoms with van der Waals surface area (Å²) in [4.78, 5) is 0.0395. The van der Waals surface area contributed by atoms with E-state index in [9.17, 15) is 26.0 Å². The number of hydrogen-bond donors (Lipinski definition) is 0. The molecule has 1 saturated heterocycles. The summed E-state index contributed by atoms with van der Waals surface area (Å²) in [6.07, 6.45) is -5.19. The first-order valence-electron chi connectivity index (χ1n) is 7.70. The van der Waals surface area contributed by atoms with Gasteiger partial charge in [-0.25, -0.2) is 12.8 Å². The number of ether oxygens (including phenoxy) is 1. The Balaban J connectivity index is 1.64. The zero-order valence-corrected chi connectivity index (χ0v) is 14.2. The predicted octanol–water partition coefficient (Wildman–Crippen LogP) is 3.44. The Hall–Kier alpha value is -1.97. The highest BCUT2D eigenvalue weighted by Crippen LogP contribution is 2.27. The Labute approximate surface area is 148 Å². The Bertz CT molecular complexity index is 858. The summed E-state index contributed by atoms with van der Waals surface area (Å²) in [6.45, 7) is -1.62. The van der Waals surface area contributed by atoms with Crippen molar-refractivity contribution in [3.05, 3.63) is 54.3 Å². The molecule has 1 aliphatic rings. The molecule has 0 aliphatic carbocycles. The van der Waals surface area contributed by atoms with Crippen LogP contribution >= 0.6 is 0 Å². The fourth-order valence-corrected chi connectivity index (χ4v) is 4.03. The Morgan fingerprint density at radius 2 is 1.46 bits per heavy atom. The molecular formula is C17H15F4NO3S. The van der Waals surface area contributed by atoms with Gasteiger partial charge in [-0.1, -0.05) is 24.3 Å². The van der Waals surface area contributed by atoms with Gasteiger partial charge in [0.15, 0.2) is 0 Å². The first-order chi connectivity index (χ1) is 12.1. The topological polar surface area (TPSA) is 46.6 Å². The van der Waals surface area contributed by atoms with Crippen molar-refractivity contribution in [1.82, 2.24) is 4.31 Å². The van der Waals surface area contributed by atoms with Crippen molar-refractivity contribution in [1.29, 1.82) is 0 Å². The molecule has 0 saturated carbocycles. The molecule has 140 valence electrons. The van der Waals surface area contributed by atoms with Crippen molar-refractivity contribution in [3.63, 3.8) is 0 Å². The van der Waals surface area contributed by atoms with E-state index in [1.807, 2.05) is 0 Å². The maximum absolute atomic E-state index is 13.0. The van der Waals surface area contributed by atoms with Crippen LogP contribution < -0.4 is 0 Å². The van der Waals surface area contributed by atoms with E-state index in [0.29, 0.717) is 0 Å². The normalized spacial score (nSPS) is 16.5. The van der Waals surface area contributed by atoms with Gasteiger partial charge >= 0.3 is 6.18 Å². The molecule has 0 atom stereocenters. The minimum absolute atomic E-state index is 0.0395. The van der Waals surface area contributed by atoms with Crippen LogP contribution in [0.15, 0.2) is 53.4 Å². The predicted molar refractivity (Wildman–Crippen MR) is 86.4 cm³/mol. The highest BCUT2D eigenvalue weighted by molar-refractivity contribution is 7.89. The summed E-state index contributed by atoms with van der Waals surface area (Å²) in [5.41, 5.74) is 1.46. The van der Waals surface area contributed by atoms with Crippen LogP contribution in [0.5, 0.6) is 0 Å². The highest BCUT2D eigenvalue weighted by Gasteiger charge is 2.39. The molecular weight excluding hydrogens is 374 g/mol. The van der Waals surface area contributed by atoms with Gasteiger partial charge in [0.2, 0.25) is 10.0 Å². The van der Waals surface area contributed by atoms with Crippen molar-refractivity contribution in [2.24, 2.45) is 0 Å². The Morgan fingerprint density at radius 1 is 0.962 bits per heavy atom. The van der Waals surface area contributed by atoms with E-state index < -0.39 is 28.9 Å². The summed E-state index contributed by atoms with van der Waals surface area (Å²) in [6, 6.07) is 11.8. The zero-order chi connectivity index (χ0) is 18.9. The number of hydrogen-bond acceptors (Lipinski definition) is 3. The van der Waals surface area contributed by atoms with Crippen LogP contribution in [0.1, 0.15) is 0 Å². The fourth-order valence-electron chi connectivity index (χ4n) is 2.53. The third-order valence-corrected chi connectivity index (χ3v) is 5.81. The second kappa shape index (κ2) is 6.98. The standard InChI is InChI=1S/C17H15F4NO3S/c18-14-5-1-12(2-6-14)13-3-7-16(8-4-13)26(23,24)22-9-15(10-22)25-11-17(19,20)21/h1-8,15H,9-11H2. The van der Waals surface area contributed by atoms with Crippen molar-refractivity contribution < 1.29 is 30.7 Å². The van der Waals surface area contributed by atoms with Gasteiger partial charge in [-0.2, -0.15) is 17.5 Å². The molecule has 0 aromatic heterocycles. The molecule has 0 amide bonds. The third kappa shape index (κ3) is 4.22. The van der Waals surface area contributed by atoms with Crippen LogP contribution in [-0.2, 0) is 14.8 Å². The maximum atomic E-state index is 13.0.